The number of hydrogen-bond acceptors (Lipinski definition) is 7. The van der Waals surface area contributed by atoms with Gasteiger partial charge in [0.15, 0.2) is 6.61 Å². The van der Waals surface area contributed by atoms with Crippen molar-refractivity contribution in [3.8, 4) is 6.01 Å². The molecule has 0 saturated heterocycles. The molecule has 11 heteroatoms. The van der Waals surface area contributed by atoms with Crippen molar-refractivity contribution in [2.75, 3.05) is 17.2 Å². The molecule has 4 aromatic rings. The summed E-state index contributed by atoms with van der Waals surface area (Å²) in [5.74, 6) is 0.0906. The minimum Gasteiger partial charge on any atom is -0.454 e. The fourth-order valence-corrected chi connectivity index (χ4v) is 2.63. The van der Waals surface area contributed by atoms with Crippen molar-refractivity contribution in [1.82, 2.24) is 24.9 Å². The monoisotopic (exact) mass is 415 g/mol. The number of anilines is 3. The van der Waals surface area contributed by atoms with Crippen molar-refractivity contribution in [3.63, 3.8) is 0 Å². The van der Waals surface area contributed by atoms with E-state index >= 15 is 0 Å². The molecular weight excluding hydrogens is 399 g/mol. The number of benzene rings is 1. The summed E-state index contributed by atoms with van der Waals surface area (Å²) in [6.45, 7) is -1.23. The smallest absolute Gasteiger partial charge is 0.422 e. The Labute approximate surface area is 168 Å². The van der Waals surface area contributed by atoms with Crippen LogP contribution in [0.4, 0.5) is 30.8 Å². The number of pyridine rings is 1. The molecule has 0 aliphatic heterocycles. The molecule has 4 rings (SSSR count). The lowest BCUT2D eigenvalue weighted by atomic mass is 10.2. The van der Waals surface area contributed by atoms with Gasteiger partial charge in [0, 0.05) is 23.6 Å². The molecule has 0 aliphatic carbocycles. The number of ether oxygens (including phenoxy) is 1. The summed E-state index contributed by atoms with van der Waals surface area (Å²) in [4.78, 5) is 19.3. The zero-order chi connectivity index (χ0) is 21.0. The number of aromatic nitrogens is 5. The van der Waals surface area contributed by atoms with Gasteiger partial charge in [-0.3, -0.25) is 4.98 Å². The SMILES string of the molecule is FC(F)(F)COc1nc(NCc2ccccn2)nc(Nc2ccc3cc[nH]c3c2)n1. The number of H-pyrrole nitrogens is 1. The Morgan fingerprint density at radius 1 is 1.00 bits per heavy atom. The second-order valence-corrected chi connectivity index (χ2v) is 6.25. The number of nitrogens with zero attached hydrogens (tertiary/aromatic N) is 4. The van der Waals surface area contributed by atoms with E-state index in [1.807, 2.05) is 24.3 Å². The lowest BCUT2D eigenvalue weighted by molar-refractivity contribution is -0.154. The molecule has 0 amide bonds. The van der Waals surface area contributed by atoms with E-state index in [2.05, 4.69) is 35.6 Å². The molecule has 154 valence electrons. The van der Waals surface area contributed by atoms with Crippen molar-refractivity contribution in [2.45, 2.75) is 12.7 Å². The van der Waals surface area contributed by atoms with Gasteiger partial charge < -0.3 is 20.4 Å². The molecule has 3 aromatic heterocycles. The van der Waals surface area contributed by atoms with Crippen molar-refractivity contribution in [2.24, 2.45) is 0 Å². The number of rotatable bonds is 7. The third kappa shape index (κ3) is 5.13. The molecule has 3 heterocycles. The highest BCUT2D eigenvalue weighted by atomic mass is 19.4. The van der Waals surface area contributed by atoms with Crippen molar-refractivity contribution < 1.29 is 17.9 Å². The van der Waals surface area contributed by atoms with Crippen LogP contribution in [0.15, 0.2) is 54.9 Å². The minimum absolute atomic E-state index is 0.0385. The second kappa shape index (κ2) is 8.23. The van der Waals surface area contributed by atoms with Gasteiger partial charge in [-0.1, -0.05) is 12.1 Å². The molecule has 0 saturated carbocycles. The van der Waals surface area contributed by atoms with E-state index in [-0.39, 0.29) is 18.4 Å². The largest absolute Gasteiger partial charge is 0.454 e. The summed E-state index contributed by atoms with van der Waals surface area (Å²) in [6.07, 6.45) is -1.08. The summed E-state index contributed by atoms with van der Waals surface area (Å²) in [6, 6.07) is 12.4. The van der Waals surface area contributed by atoms with Crippen LogP contribution in [-0.2, 0) is 6.54 Å². The van der Waals surface area contributed by atoms with Gasteiger partial charge >= 0.3 is 12.2 Å². The standard InChI is InChI=1S/C19H16F3N7O/c20-19(21,22)11-30-18-28-16(25-10-14-3-1-2-7-23-14)27-17(29-18)26-13-5-4-12-6-8-24-15(12)9-13/h1-9,24H,10-11H2,(H2,25,26,27,28,29). The molecule has 0 fully saturated rings. The van der Waals surface area contributed by atoms with Gasteiger partial charge in [0.2, 0.25) is 11.9 Å². The van der Waals surface area contributed by atoms with Gasteiger partial charge in [-0.25, -0.2) is 0 Å². The van der Waals surface area contributed by atoms with Crippen molar-refractivity contribution >= 4 is 28.5 Å². The number of fused-ring (bicyclic) bond motifs is 1. The molecule has 1 aromatic carbocycles. The first-order chi connectivity index (χ1) is 14.4. The van der Waals surface area contributed by atoms with E-state index in [0.29, 0.717) is 11.4 Å². The van der Waals surface area contributed by atoms with Gasteiger partial charge in [0.05, 0.1) is 12.2 Å². The number of hydrogen-bond donors (Lipinski definition) is 3. The first-order valence-corrected chi connectivity index (χ1v) is 8.88. The molecule has 8 nitrogen and oxygen atoms in total. The fourth-order valence-electron chi connectivity index (χ4n) is 2.63. The average molecular weight is 415 g/mol. The van der Waals surface area contributed by atoms with Gasteiger partial charge in [-0.2, -0.15) is 28.1 Å². The topological polar surface area (TPSA) is 101 Å². The molecular formula is C19H16F3N7O. The molecule has 0 bridgehead atoms. The van der Waals surface area contributed by atoms with Crippen LogP contribution in [0.3, 0.4) is 0 Å². The van der Waals surface area contributed by atoms with Crippen LogP contribution < -0.4 is 15.4 Å². The highest BCUT2D eigenvalue weighted by Crippen LogP contribution is 2.22. The van der Waals surface area contributed by atoms with E-state index in [1.165, 1.54) is 0 Å². The van der Waals surface area contributed by atoms with Crippen molar-refractivity contribution in [1.29, 1.82) is 0 Å². The zero-order valence-electron chi connectivity index (χ0n) is 15.4. The molecule has 0 aliphatic rings. The fraction of sp³-hybridized carbons (Fsp3) is 0.158. The maximum atomic E-state index is 12.5. The second-order valence-electron chi connectivity index (χ2n) is 6.25. The molecule has 0 atom stereocenters. The van der Waals surface area contributed by atoms with Gasteiger partial charge in [-0.05, 0) is 35.7 Å². The van der Waals surface area contributed by atoms with Crippen molar-refractivity contribution in [3.05, 3.63) is 60.6 Å². The summed E-state index contributed by atoms with van der Waals surface area (Å²) in [7, 11) is 0. The van der Waals surface area contributed by atoms with E-state index in [1.54, 1.807) is 30.6 Å². The van der Waals surface area contributed by atoms with Crippen LogP contribution in [-0.4, -0.2) is 37.7 Å². The third-order valence-corrected chi connectivity index (χ3v) is 3.94. The predicted molar refractivity (Wildman–Crippen MR) is 105 cm³/mol. The first kappa shape index (κ1) is 19.4. The summed E-state index contributed by atoms with van der Waals surface area (Å²) in [5, 5.41) is 6.90. The average Bonchev–Trinajstić information content (AvgIpc) is 3.19. The number of halogens is 3. The molecule has 0 spiro atoms. The Morgan fingerprint density at radius 2 is 1.87 bits per heavy atom. The van der Waals surface area contributed by atoms with Gasteiger partial charge in [-0.15, -0.1) is 0 Å². The number of alkyl halides is 3. The summed E-state index contributed by atoms with van der Waals surface area (Å²) in [5.41, 5.74) is 2.24. The molecule has 30 heavy (non-hydrogen) atoms. The Morgan fingerprint density at radius 3 is 2.67 bits per heavy atom. The maximum absolute atomic E-state index is 12.5. The lowest BCUT2D eigenvalue weighted by Crippen LogP contribution is -2.21. The molecule has 0 unspecified atom stereocenters. The van der Waals surface area contributed by atoms with Crippen LogP contribution in [0.5, 0.6) is 6.01 Å². The third-order valence-electron chi connectivity index (χ3n) is 3.94. The van der Waals surface area contributed by atoms with Crippen LogP contribution in [0.1, 0.15) is 5.69 Å². The highest BCUT2D eigenvalue weighted by Gasteiger charge is 2.29. The Kier molecular flexibility index (Phi) is 5.33. The van der Waals surface area contributed by atoms with Gasteiger partial charge in [0.1, 0.15) is 0 Å². The predicted octanol–water partition coefficient (Wildman–Crippen LogP) is 4.04. The summed E-state index contributed by atoms with van der Waals surface area (Å²) >= 11 is 0. The number of aromatic amines is 1. The lowest BCUT2D eigenvalue weighted by Gasteiger charge is -2.12. The summed E-state index contributed by atoms with van der Waals surface area (Å²) < 4.78 is 42.3. The van der Waals surface area contributed by atoms with E-state index < -0.39 is 18.8 Å². The van der Waals surface area contributed by atoms with Crippen LogP contribution in [0.2, 0.25) is 0 Å². The highest BCUT2D eigenvalue weighted by molar-refractivity contribution is 5.83. The normalized spacial score (nSPS) is 11.4. The van der Waals surface area contributed by atoms with E-state index in [9.17, 15) is 13.2 Å². The first-order valence-electron chi connectivity index (χ1n) is 8.88. The molecule has 3 N–H and O–H groups in total. The minimum atomic E-state index is -4.51. The maximum Gasteiger partial charge on any atom is 0.422 e. The Hall–Kier alpha value is -3.89. The van der Waals surface area contributed by atoms with E-state index in [0.717, 1.165) is 10.9 Å². The Balaban J connectivity index is 1.56. The molecule has 0 radical (unpaired) electrons. The number of nitrogens with one attached hydrogen (secondary N) is 3. The van der Waals surface area contributed by atoms with Crippen LogP contribution in [0, 0.1) is 0 Å². The Bertz CT molecular complexity index is 1130. The van der Waals surface area contributed by atoms with E-state index in [4.69, 9.17) is 4.74 Å². The zero-order valence-corrected chi connectivity index (χ0v) is 15.4. The van der Waals surface area contributed by atoms with Gasteiger partial charge in [0.25, 0.3) is 0 Å². The quantitative estimate of drug-likeness (QED) is 0.419. The van der Waals surface area contributed by atoms with Crippen LogP contribution in [0.25, 0.3) is 10.9 Å². The van der Waals surface area contributed by atoms with Crippen LogP contribution >= 0.6 is 0 Å².